The second-order valence-electron chi connectivity index (χ2n) is 7.27. The molecule has 0 aromatic carbocycles. The van der Waals surface area contributed by atoms with Crippen LogP contribution in [-0.4, -0.2) is 38.3 Å². The quantitative estimate of drug-likeness (QED) is 0.716. The third kappa shape index (κ3) is 3.41. The SMILES string of the molecule is CCc1nc2c([C@@H](C)CO)cn(C)c2nc1-c1ccc(C(C)C)nc1OC. The van der Waals surface area contributed by atoms with Crippen molar-refractivity contribution in [2.75, 3.05) is 13.7 Å². The highest BCUT2D eigenvalue weighted by atomic mass is 16.5. The van der Waals surface area contributed by atoms with Gasteiger partial charge in [0.2, 0.25) is 5.88 Å². The molecule has 0 aliphatic carbocycles. The molecule has 1 atom stereocenters. The summed E-state index contributed by atoms with van der Waals surface area (Å²) in [4.78, 5) is 14.5. The molecule has 27 heavy (non-hydrogen) atoms. The summed E-state index contributed by atoms with van der Waals surface area (Å²) in [6, 6.07) is 4.05. The van der Waals surface area contributed by atoms with E-state index < -0.39 is 0 Å². The largest absolute Gasteiger partial charge is 0.480 e. The van der Waals surface area contributed by atoms with Gasteiger partial charge in [0, 0.05) is 37.0 Å². The van der Waals surface area contributed by atoms with Gasteiger partial charge in [-0.2, -0.15) is 0 Å². The number of pyridine rings is 1. The van der Waals surface area contributed by atoms with Crippen LogP contribution in [0.5, 0.6) is 5.88 Å². The first-order valence-corrected chi connectivity index (χ1v) is 9.43. The zero-order chi connectivity index (χ0) is 19.7. The number of methoxy groups -OCH3 is 1. The Morgan fingerprint density at radius 1 is 1.15 bits per heavy atom. The first-order valence-electron chi connectivity index (χ1n) is 9.43. The highest BCUT2D eigenvalue weighted by molar-refractivity contribution is 5.81. The predicted octanol–water partition coefficient (Wildman–Crippen LogP) is 3.82. The maximum Gasteiger partial charge on any atom is 0.222 e. The fourth-order valence-corrected chi connectivity index (χ4v) is 3.27. The van der Waals surface area contributed by atoms with Gasteiger partial charge in [0.05, 0.1) is 24.1 Å². The number of aliphatic hydroxyl groups excluding tert-OH is 1. The van der Waals surface area contributed by atoms with E-state index in [0.29, 0.717) is 11.8 Å². The van der Waals surface area contributed by atoms with Crippen molar-refractivity contribution in [1.29, 1.82) is 0 Å². The average Bonchev–Trinajstić information content (AvgIpc) is 3.01. The third-order valence-corrected chi connectivity index (χ3v) is 4.95. The van der Waals surface area contributed by atoms with Gasteiger partial charge in [-0.1, -0.05) is 27.7 Å². The molecule has 0 fully saturated rings. The van der Waals surface area contributed by atoms with Gasteiger partial charge in [0.1, 0.15) is 5.52 Å². The van der Waals surface area contributed by atoms with Gasteiger partial charge in [-0.05, 0) is 24.5 Å². The molecule has 6 nitrogen and oxygen atoms in total. The van der Waals surface area contributed by atoms with Crippen LogP contribution in [0.15, 0.2) is 18.3 Å². The molecule has 0 amide bonds. The number of nitrogens with zero attached hydrogens (tertiary/aromatic N) is 4. The number of aliphatic hydroxyl groups is 1. The number of aromatic nitrogens is 4. The third-order valence-electron chi connectivity index (χ3n) is 4.95. The van der Waals surface area contributed by atoms with Gasteiger partial charge >= 0.3 is 0 Å². The normalized spacial score (nSPS) is 12.7. The lowest BCUT2D eigenvalue weighted by atomic mass is 10.0. The standard InChI is InChI=1S/C21H28N4O2/c1-7-16-18(14-8-9-17(12(2)3)23-21(14)27-6)24-20-19(22-16)15(10-25(20)5)13(4)11-26/h8-10,12-13,26H,7,11H2,1-6H3/t13-/m0/s1. The zero-order valence-corrected chi connectivity index (χ0v) is 16.9. The molecule has 0 unspecified atom stereocenters. The molecule has 144 valence electrons. The second-order valence-corrected chi connectivity index (χ2v) is 7.27. The van der Waals surface area contributed by atoms with Crippen molar-refractivity contribution in [3.63, 3.8) is 0 Å². The van der Waals surface area contributed by atoms with Crippen LogP contribution >= 0.6 is 0 Å². The molecule has 0 bridgehead atoms. The van der Waals surface area contributed by atoms with Crippen molar-refractivity contribution >= 4 is 11.2 Å². The zero-order valence-electron chi connectivity index (χ0n) is 16.9. The Balaban J connectivity index is 2.25. The van der Waals surface area contributed by atoms with Crippen molar-refractivity contribution in [1.82, 2.24) is 19.5 Å². The molecule has 0 saturated carbocycles. The molecule has 6 heteroatoms. The molecule has 3 heterocycles. The lowest BCUT2D eigenvalue weighted by Crippen LogP contribution is -2.04. The van der Waals surface area contributed by atoms with E-state index in [1.165, 1.54) is 0 Å². The summed E-state index contributed by atoms with van der Waals surface area (Å²) >= 11 is 0. The minimum absolute atomic E-state index is 0.0140. The topological polar surface area (TPSA) is 73.1 Å². The molecule has 0 saturated heterocycles. The van der Waals surface area contributed by atoms with E-state index in [1.54, 1.807) is 7.11 Å². The monoisotopic (exact) mass is 368 g/mol. The van der Waals surface area contributed by atoms with Gasteiger partial charge in [-0.3, -0.25) is 0 Å². The summed E-state index contributed by atoms with van der Waals surface area (Å²) < 4.78 is 7.54. The Morgan fingerprint density at radius 2 is 1.89 bits per heavy atom. The maximum atomic E-state index is 9.57. The highest BCUT2D eigenvalue weighted by Gasteiger charge is 2.21. The van der Waals surface area contributed by atoms with E-state index in [9.17, 15) is 5.11 Å². The van der Waals surface area contributed by atoms with Gasteiger partial charge in [-0.15, -0.1) is 0 Å². The Kier molecular flexibility index (Phi) is 5.46. The lowest BCUT2D eigenvalue weighted by molar-refractivity contribution is 0.273. The van der Waals surface area contributed by atoms with Crippen LogP contribution in [0.2, 0.25) is 0 Å². The Labute approximate surface area is 160 Å². The summed E-state index contributed by atoms with van der Waals surface area (Å²) in [7, 11) is 3.59. The molecule has 3 aromatic heterocycles. The van der Waals surface area contributed by atoms with Crippen molar-refractivity contribution in [2.45, 2.75) is 46.0 Å². The average molecular weight is 368 g/mol. The molecule has 3 aromatic rings. The minimum Gasteiger partial charge on any atom is -0.480 e. The molecule has 0 aliphatic rings. The number of aryl methyl sites for hydroxylation is 2. The van der Waals surface area contributed by atoms with Gasteiger partial charge in [-0.25, -0.2) is 15.0 Å². The minimum atomic E-state index is 0.0140. The number of hydrogen-bond acceptors (Lipinski definition) is 5. The molecular weight excluding hydrogens is 340 g/mol. The van der Waals surface area contributed by atoms with Crippen LogP contribution < -0.4 is 4.74 Å². The van der Waals surface area contributed by atoms with E-state index in [-0.39, 0.29) is 12.5 Å². The Morgan fingerprint density at radius 3 is 2.48 bits per heavy atom. The molecular formula is C21H28N4O2. The van der Waals surface area contributed by atoms with Crippen LogP contribution in [-0.2, 0) is 13.5 Å². The van der Waals surface area contributed by atoms with Crippen LogP contribution in [0.1, 0.15) is 56.5 Å². The molecule has 3 rings (SSSR count). The first kappa shape index (κ1) is 19.3. The molecule has 1 N–H and O–H groups in total. The van der Waals surface area contributed by atoms with E-state index in [0.717, 1.165) is 45.8 Å². The van der Waals surface area contributed by atoms with E-state index >= 15 is 0 Å². The van der Waals surface area contributed by atoms with Crippen molar-refractivity contribution < 1.29 is 9.84 Å². The highest BCUT2D eigenvalue weighted by Crippen LogP contribution is 2.33. The molecule has 0 spiro atoms. The Hall–Kier alpha value is -2.47. The van der Waals surface area contributed by atoms with E-state index in [1.807, 2.05) is 36.9 Å². The van der Waals surface area contributed by atoms with Crippen molar-refractivity contribution in [3.05, 3.63) is 35.3 Å². The summed E-state index contributed by atoms with van der Waals surface area (Å²) in [5, 5.41) is 9.57. The number of hydrogen-bond donors (Lipinski definition) is 1. The van der Waals surface area contributed by atoms with Crippen LogP contribution in [0.3, 0.4) is 0 Å². The summed E-state index contributed by atoms with van der Waals surface area (Å²) in [5.74, 6) is 0.908. The van der Waals surface area contributed by atoms with E-state index in [4.69, 9.17) is 14.7 Å². The lowest BCUT2D eigenvalue weighted by Gasteiger charge is -2.14. The Bertz CT molecular complexity index is 962. The second kappa shape index (κ2) is 7.64. The maximum absolute atomic E-state index is 9.57. The van der Waals surface area contributed by atoms with Gasteiger partial charge < -0.3 is 14.4 Å². The molecule has 0 radical (unpaired) electrons. The fraction of sp³-hybridized carbons (Fsp3) is 0.476. The smallest absolute Gasteiger partial charge is 0.222 e. The van der Waals surface area contributed by atoms with Crippen molar-refractivity contribution in [2.24, 2.45) is 7.05 Å². The van der Waals surface area contributed by atoms with Gasteiger partial charge in [0.15, 0.2) is 5.65 Å². The van der Waals surface area contributed by atoms with Crippen molar-refractivity contribution in [3.8, 4) is 17.1 Å². The van der Waals surface area contributed by atoms with Crippen LogP contribution in [0.4, 0.5) is 0 Å². The van der Waals surface area contributed by atoms with Crippen LogP contribution in [0, 0.1) is 0 Å². The number of fused-ring (bicyclic) bond motifs is 1. The van der Waals surface area contributed by atoms with Gasteiger partial charge in [0.25, 0.3) is 0 Å². The predicted molar refractivity (Wildman–Crippen MR) is 107 cm³/mol. The summed E-state index contributed by atoms with van der Waals surface area (Å²) in [6.07, 6.45) is 2.75. The number of rotatable bonds is 6. The summed E-state index contributed by atoms with van der Waals surface area (Å²) in [5.41, 5.74) is 6.21. The fourth-order valence-electron chi connectivity index (χ4n) is 3.27. The van der Waals surface area contributed by atoms with E-state index in [2.05, 4.69) is 25.8 Å². The first-order chi connectivity index (χ1) is 12.9. The number of ether oxygens (including phenoxy) is 1. The van der Waals surface area contributed by atoms with Crippen LogP contribution in [0.25, 0.3) is 22.4 Å². The molecule has 0 aliphatic heterocycles. The summed E-state index contributed by atoms with van der Waals surface area (Å²) in [6.45, 7) is 8.36.